The van der Waals surface area contributed by atoms with E-state index < -0.39 is 91.9 Å². The van der Waals surface area contributed by atoms with Crippen LogP contribution in [-0.4, -0.2) is 93.9 Å². The van der Waals surface area contributed by atoms with Crippen LogP contribution in [0.1, 0.15) is 150 Å². The number of halogens is 13. The number of rotatable bonds is 31. The molecule has 23 nitrogen and oxygen atoms in total. The number of pyridine rings is 4. The quantitative estimate of drug-likeness (QED) is 0.00447. The summed E-state index contributed by atoms with van der Waals surface area (Å²) in [7, 11) is 0. The smallest absolute Gasteiger partial charge is 0.416 e. The van der Waals surface area contributed by atoms with Crippen LogP contribution in [0.3, 0.4) is 0 Å². The molecule has 0 radical (unpaired) electrons. The zero-order chi connectivity index (χ0) is 103. The Morgan fingerprint density at radius 1 is 0.376 bits per heavy atom. The van der Waals surface area contributed by atoms with Crippen LogP contribution in [-0.2, 0) is 66.2 Å². The highest BCUT2D eigenvalue weighted by Gasteiger charge is 2.35. The lowest BCUT2D eigenvalue weighted by molar-refractivity contribution is -0.384. The number of nitrogens with zero attached hydrogens (tertiary/aromatic N) is 6. The molecule has 7 N–H and O–H groups in total. The van der Waals surface area contributed by atoms with Gasteiger partial charge in [-0.25, -0.2) is 4.39 Å². The summed E-state index contributed by atoms with van der Waals surface area (Å²) in [4.78, 5) is 117. The lowest BCUT2D eigenvalue weighted by atomic mass is 10.1. The Kier molecular flexibility index (Phi) is 38.4. The standard InChI is InChI=1S/C37H38F3N3O4S2.C22H18F3N3O3S.C22H20F3N3OS.C20H13F4N3O3/c1-5-49-29-12-13-31(43-35(46)26-10-6-9-25(18-26)23-48-17-15-33(44)47-36(2,3)4)30(21-29)32-20-27(14-16-41-32)34(45)42-22-24-8-7-11-28(19-24)37(38,39)40;1-2-32-17-6-7-20(28(30)31)18(12-17)19-11-15(8-9-26-19)21(29)27-13-14-4-3-5-16(10-14)22(23,24)25;1-2-30-17-6-7-19(26)18(12-17)20-11-15(8-9-27-20)21(29)28-13-14-4-3-5-16(10-14)22(23,24)25;21-15-4-5-18(27(29)30)16(10-15)17-9-13(6-7-25-17)19(28)26-11-12-2-1-3-14(8-12)20(22,23)24/h6-14,16,18-21H,5,15,17,22-23H2,1-4H3,(H,42,45)(H,43,46);3-12H,2,13H2,1H3,(H,27,29);3-12H,2,13,26H2,1H3,(H,28,29);1-10H,11H2,(H,26,28). The number of alkyl halides is 12. The van der Waals surface area contributed by atoms with E-state index in [1.165, 1.54) is 121 Å². The third-order valence-electron chi connectivity index (χ3n) is 19.9. The van der Waals surface area contributed by atoms with Crippen molar-refractivity contribution in [2.24, 2.45) is 0 Å². The van der Waals surface area contributed by atoms with Crippen molar-refractivity contribution < 1.29 is 100 Å². The van der Waals surface area contributed by atoms with E-state index in [2.05, 4.69) is 46.5 Å². The second-order valence-corrected chi connectivity index (χ2v) is 36.5. The molecule has 9 aromatic carbocycles. The van der Waals surface area contributed by atoms with Crippen LogP contribution in [0, 0.1) is 26.0 Å². The van der Waals surface area contributed by atoms with Gasteiger partial charge in [0.25, 0.3) is 40.9 Å². The van der Waals surface area contributed by atoms with E-state index in [4.69, 9.17) is 10.5 Å². The fourth-order valence-electron chi connectivity index (χ4n) is 13.3. The van der Waals surface area contributed by atoms with Crippen LogP contribution in [0.4, 0.5) is 79.8 Å². The van der Waals surface area contributed by atoms with Gasteiger partial charge in [0.2, 0.25) is 0 Å². The number of ether oxygens (including phenoxy) is 1. The number of nitro groups is 2. The number of anilines is 2. The third-order valence-corrected chi connectivity index (χ3v) is 23.5. The molecule has 0 saturated heterocycles. The molecule has 0 aliphatic heterocycles. The maximum atomic E-state index is 13.6. The summed E-state index contributed by atoms with van der Waals surface area (Å²) in [6.45, 7) is 11.1. The number of nitrogen functional groups attached to an aromatic ring is 1. The number of benzene rings is 9. The van der Waals surface area contributed by atoms with Crippen LogP contribution < -0.4 is 32.3 Å². The van der Waals surface area contributed by atoms with Gasteiger partial charge in [0.1, 0.15) is 11.4 Å². The van der Waals surface area contributed by atoms with Gasteiger partial charge in [0.15, 0.2) is 0 Å². The lowest BCUT2D eigenvalue weighted by Crippen LogP contribution is -2.24. The Balaban J connectivity index is 0.000000198. The Morgan fingerprint density at radius 3 is 1.08 bits per heavy atom. The van der Waals surface area contributed by atoms with E-state index in [1.807, 2.05) is 84.0 Å². The first-order chi connectivity index (χ1) is 66.8. The van der Waals surface area contributed by atoms with Gasteiger partial charge in [-0.3, -0.25) is 68.9 Å². The zero-order valence-electron chi connectivity index (χ0n) is 75.8. The van der Waals surface area contributed by atoms with Gasteiger partial charge in [-0.05, 0) is 236 Å². The summed E-state index contributed by atoms with van der Waals surface area (Å²) < 4.78 is 174. The van der Waals surface area contributed by atoms with E-state index >= 15 is 0 Å². The molecule has 40 heteroatoms. The third kappa shape index (κ3) is 33.1. The highest BCUT2D eigenvalue weighted by Crippen LogP contribution is 2.40. The number of esters is 1. The van der Waals surface area contributed by atoms with Gasteiger partial charge in [0, 0.05) is 134 Å². The maximum Gasteiger partial charge on any atom is 0.416 e. The minimum Gasteiger partial charge on any atom is -0.460 e. The zero-order valence-corrected chi connectivity index (χ0v) is 79.0. The number of amides is 5. The first-order valence-corrected chi connectivity index (χ1v) is 46.9. The fraction of sp³-hybridized carbons (Fsp3) is 0.208. The maximum absolute atomic E-state index is 13.6. The van der Waals surface area contributed by atoms with Crippen molar-refractivity contribution in [3.63, 3.8) is 0 Å². The molecule has 0 atom stereocenters. The molecule has 4 aromatic heterocycles. The molecule has 0 unspecified atom stereocenters. The number of nitrogens with two attached hydrogens (primary N) is 1. The number of aromatic nitrogens is 4. The van der Waals surface area contributed by atoms with Crippen molar-refractivity contribution in [1.82, 2.24) is 41.2 Å². The van der Waals surface area contributed by atoms with E-state index in [9.17, 15) is 106 Å². The molecule has 4 heterocycles. The molecule has 13 aromatic rings. The van der Waals surface area contributed by atoms with Gasteiger partial charge in [-0.1, -0.05) is 81.4 Å². The summed E-state index contributed by atoms with van der Waals surface area (Å²) in [6, 6.07) is 56.6. The van der Waals surface area contributed by atoms with Crippen molar-refractivity contribution in [2.75, 3.05) is 34.1 Å². The first-order valence-electron chi connectivity index (χ1n) is 42.8. The Hall–Kier alpha value is -14.5. The summed E-state index contributed by atoms with van der Waals surface area (Å²) in [5, 5.41) is 36.0. The molecule has 0 bridgehead atoms. The Labute approximate surface area is 817 Å². The molecule has 734 valence electrons. The van der Waals surface area contributed by atoms with Gasteiger partial charge in [-0.2, -0.15) is 64.4 Å². The van der Waals surface area contributed by atoms with E-state index in [0.29, 0.717) is 74.1 Å². The topological polar surface area (TPSA) is 336 Å². The van der Waals surface area contributed by atoms with E-state index in [0.717, 1.165) is 110 Å². The molecular weight excluding hydrogens is 1930 g/mol. The van der Waals surface area contributed by atoms with Crippen molar-refractivity contribution in [1.29, 1.82) is 0 Å². The summed E-state index contributed by atoms with van der Waals surface area (Å²) in [5.41, 5.74) is 9.13. The molecule has 13 rings (SSSR count). The van der Waals surface area contributed by atoms with Crippen molar-refractivity contribution in [2.45, 2.75) is 125 Å². The second-order valence-electron chi connectivity index (χ2n) is 31.4. The molecule has 141 heavy (non-hydrogen) atoms. The minimum absolute atomic E-state index is 0.00733. The molecule has 0 spiro atoms. The first kappa shape index (κ1) is 109. The predicted octanol–water partition coefficient (Wildman–Crippen LogP) is 24.9. The lowest BCUT2D eigenvalue weighted by Gasteiger charge is -2.19. The summed E-state index contributed by atoms with van der Waals surface area (Å²) >= 11 is 6.37. The predicted molar refractivity (Wildman–Crippen MR) is 517 cm³/mol. The van der Waals surface area contributed by atoms with Crippen LogP contribution >= 0.6 is 47.0 Å². The number of carbonyl (C=O) groups excluding carboxylic acids is 6. The van der Waals surface area contributed by atoms with Crippen LogP contribution in [0.2, 0.25) is 0 Å². The van der Waals surface area contributed by atoms with Gasteiger partial charge in [-0.15, -0.1) is 35.3 Å². The summed E-state index contributed by atoms with van der Waals surface area (Å²) in [6.07, 6.45) is -12.0. The van der Waals surface area contributed by atoms with Gasteiger partial charge >= 0.3 is 30.7 Å². The monoisotopic (exact) mass is 2020 g/mol. The molecule has 0 fully saturated rings. The molecule has 5 amide bonds. The molecule has 0 saturated carbocycles. The van der Waals surface area contributed by atoms with E-state index in [-0.39, 0.29) is 94.2 Å². The van der Waals surface area contributed by atoms with Crippen LogP contribution in [0.25, 0.3) is 45.0 Å². The Bertz CT molecular complexity index is 6670. The van der Waals surface area contributed by atoms with Crippen LogP contribution in [0.5, 0.6) is 0 Å². The molecule has 0 aliphatic rings. The normalized spacial score (nSPS) is 11.4. The number of nitro benzene ring substituents is 2. The van der Waals surface area contributed by atoms with Crippen LogP contribution in [0.15, 0.2) is 282 Å². The number of carbonyl (C=O) groups is 6. The number of thioether (sulfide) groups is 4. The molecular formula is C101H89F13N12O11S4. The van der Waals surface area contributed by atoms with Crippen molar-refractivity contribution >= 4 is 105 Å². The highest BCUT2D eigenvalue weighted by atomic mass is 32.2. The number of hydrogen-bond donors (Lipinski definition) is 6. The Morgan fingerprint density at radius 2 is 0.702 bits per heavy atom. The molecule has 0 aliphatic carbocycles. The minimum atomic E-state index is -4.50. The van der Waals surface area contributed by atoms with Crippen molar-refractivity contribution in [3.05, 3.63) is 371 Å². The van der Waals surface area contributed by atoms with E-state index in [1.54, 1.807) is 83.8 Å². The fourth-order valence-corrected chi connectivity index (χ4v) is 16.3. The SMILES string of the molecule is CCSc1ccc(N)c(-c2cc(C(=O)NCc3cccc(C(F)(F)F)c3)ccn2)c1.CCSc1ccc(NC(=O)c2cccc(CSCCC(=O)OC(C)(C)C)c2)c(-c2cc(C(=O)NCc3cccc(C(F)(F)F)c3)ccn2)c1.CCSc1ccc([N+](=O)[O-])c(-c2cc(C(=O)NCc3cccc(C(F)(F)F)c3)ccn2)c1.O=C(NCc1cccc(C(F)(F)F)c1)c1ccnc(-c2cc(F)ccc2[N+](=O)[O-])c1. The van der Waals surface area contributed by atoms with Crippen molar-refractivity contribution in [3.8, 4) is 45.0 Å². The largest absolute Gasteiger partial charge is 0.460 e. The summed E-state index contributed by atoms with van der Waals surface area (Å²) in [5.74, 6) is 0.378. The highest BCUT2D eigenvalue weighted by molar-refractivity contribution is 7.99. The van der Waals surface area contributed by atoms with Gasteiger partial charge in [0.05, 0.1) is 78.1 Å². The number of hydrogen-bond acceptors (Lipinski definition) is 20. The average molecular weight is 2020 g/mol. The average Bonchev–Trinajstić information content (AvgIpc) is 0.787. The number of nitrogens with one attached hydrogen (secondary N) is 5. The second kappa shape index (κ2) is 49.9. The van der Waals surface area contributed by atoms with Gasteiger partial charge < -0.3 is 37.1 Å².